The molecular weight excluding hydrogens is 717 g/mol. The van der Waals surface area contributed by atoms with Crippen LogP contribution in [0.2, 0.25) is 0 Å². The molecule has 0 aliphatic carbocycles. The van der Waals surface area contributed by atoms with Crippen molar-refractivity contribution < 1.29 is 23.8 Å². The van der Waals surface area contributed by atoms with Crippen molar-refractivity contribution in [3.63, 3.8) is 0 Å². The van der Waals surface area contributed by atoms with Gasteiger partial charge >= 0.3 is 11.9 Å². The lowest BCUT2D eigenvalue weighted by atomic mass is 10.1. The molecule has 0 radical (unpaired) electrons. The van der Waals surface area contributed by atoms with E-state index >= 15 is 0 Å². The molecule has 0 saturated heterocycles. The molecule has 1 unspecified atom stereocenters. The van der Waals surface area contributed by atoms with Crippen molar-refractivity contribution in [1.29, 1.82) is 0 Å². The Morgan fingerprint density at radius 2 is 0.724 bits per heavy atom. The van der Waals surface area contributed by atoms with Gasteiger partial charge in [0.15, 0.2) is 6.10 Å². The molecule has 336 valence electrons. The lowest BCUT2D eigenvalue weighted by molar-refractivity contribution is -0.163. The molecule has 0 aromatic rings. The summed E-state index contributed by atoms with van der Waals surface area (Å²) in [6.45, 7) is 7.71. The van der Waals surface area contributed by atoms with E-state index in [1.165, 1.54) is 135 Å². The average molecular weight is 811 g/mol. The first-order valence-corrected chi connectivity index (χ1v) is 24.8. The van der Waals surface area contributed by atoms with Crippen LogP contribution in [-0.4, -0.2) is 37.9 Å². The molecule has 0 aromatic carbocycles. The number of allylic oxidation sites excluding steroid dienone is 10. The molecule has 0 aliphatic rings. The Morgan fingerprint density at radius 3 is 1.19 bits per heavy atom. The summed E-state index contributed by atoms with van der Waals surface area (Å²) in [4.78, 5) is 25.2. The summed E-state index contributed by atoms with van der Waals surface area (Å²) in [5.74, 6) is -0.422. The number of rotatable bonds is 45. The van der Waals surface area contributed by atoms with Crippen LogP contribution in [0.3, 0.4) is 0 Å². The molecular formula is C53H94O5. The average Bonchev–Trinajstić information content (AvgIpc) is 3.22. The number of ether oxygens (including phenoxy) is 3. The normalized spacial score (nSPS) is 12.7. The van der Waals surface area contributed by atoms with Crippen LogP contribution >= 0.6 is 0 Å². The van der Waals surface area contributed by atoms with E-state index in [2.05, 4.69) is 81.5 Å². The van der Waals surface area contributed by atoms with Crippen molar-refractivity contribution in [2.24, 2.45) is 0 Å². The zero-order valence-corrected chi connectivity index (χ0v) is 38.6. The summed E-state index contributed by atoms with van der Waals surface area (Å²) in [7, 11) is 0. The van der Waals surface area contributed by atoms with Crippen LogP contribution in [0.4, 0.5) is 0 Å². The van der Waals surface area contributed by atoms with E-state index in [0.29, 0.717) is 19.4 Å². The monoisotopic (exact) mass is 811 g/mol. The minimum Gasteiger partial charge on any atom is -0.462 e. The van der Waals surface area contributed by atoms with Crippen molar-refractivity contribution in [2.75, 3.05) is 19.8 Å². The van der Waals surface area contributed by atoms with Crippen molar-refractivity contribution >= 4 is 11.9 Å². The van der Waals surface area contributed by atoms with Gasteiger partial charge in [-0.25, -0.2) is 0 Å². The highest BCUT2D eigenvalue weighted by molar-refractivity contribution is 5.70. The van der Waals surface area contributed by atoms with Crippen molar-refractivity contribution in [1.82, 2.24) is 0 Å². The Hall–Kier alpha value is -2.40. The molecule has 0 N–H and O–H groups in total. The zero-order chi connectivity index (χ0) is 42.1. The Balaban J connectivity index is 4.15. The molecule has 0 rings (SSSR count). The van der Waals surface area contributed by atoms with Gasteiger partial charge in [-0.15, -0.1) is 0 Å². The highest BCUT2D eigenvalue weighted by atomic mass is 16.6. The fourth-order valence-corrected chi connectivity index (χ4v) is 6.78. The van der Waals surface area contributed by atoms with E-state index in [4.69, 9.17) is 14.2 Å². The van der Waals surface area contributed by atoms with Gasteiger partial charge < -0.3 is 14.2 Å². The lowest BCUT2D eigenvalue weighted by Gasteiger charge is -2.18. The Kier molecular flexibility index (Phi) is 46.9. The number of esters is 2. The van der Waals surface area contributed by atoms with Crippen LogP contribution in [0.1, 0.15) is 239 Å². The van der Waals surface area contributed by atoms with Gasteiger partial charge in [-0.05, 0) is 89.9 Å². The van der Waals surface area contributed by atoms with E-state index in [0.717, 1.165) is 70.6 Å². The third-order valence-corrected chi connectivity index (χ3v) is 10.5. The second-order valence-corrected chi connectivity index (χ2v) is 16.4. The topological polar surface area (TPSA) is 61.8 Å². The number of carbonyl (C=O) groups excluding carboxylic acids is 2. The van der Waals surface area contributed by atoms with E-state index < -0.39 is 6.10 Å². The van der Waals surface area contributed by atoms with Crippen LogP contribution in [0, 0.1) is 0 Å². The first-order chi connectivity index (χ1) is 28.6. The maximum absolute atomic E-state index is 12.7. The van der Waals surface area contributed by atoms with Crippen LogP contribution in [-0.2, 0) is 23.8 Å². The van der Waals surface area contributed by atoms with Gasteiger partial charge in [-0.1, -0.05) is 197 Å². The van der Waals surface area contributed by atoms with Gasteiger partial charge in [0.05, 0.1) is 6.61 Å². The maximum atomic E-state index is 12.7. The first-order valence-electron chi connectivity index (χ1n) is 24.8. The summed E-state index contributed by atoms with van der Waals surface area (Å²) in [5, 5.41) is 0. The van der Waals surface area contributed by atoms with Crippen molar-refractivity contribution in [3.8, 4) is 0 Å². The third kappa shape index (κ3) is 46.3. The largest absolute Gasteiger partial charge is 0.462 e. The van der Waals surface area contributed by atoms with Gasteiger partial charge in [0.2, 0.25) is 0 Å². The molecule has 0 saturated carbocycles. The van der Waals surface area contributed by atoms with Gasteiger partial charge in [0, 0.05) is 19.4 Å². The van der Waals surface area contributed by atoms with Gasteiger partial charge in [0.25, 0.3) is 0 Å². The molecule has 0 aromatic heterocycles. The number of hydrogen-bond donors (Lipinski definition) is 0. The smallest absolute Gasteiger partial charge is 0.306 e. The van der Waals surface area contributed by atoms with E-state index in [1.807, 2.05) is 0 Å². The predicted molar refractivity (Wildman–Crippen MR) is 251 cm³/mol. The SMILES string of the molecule is CCCCC/C=C\C/C=C\C/C=C\CCCCCCCCCOCC(COC(=O)CCCCCCC/C=C\C/C=C\CCCCC)OC(=O)CCCCCCCCC. The van der Waals surface area contributed by atoms with E-state index in [9.17, 15) is 9.59 Å². The number of carbonyl (C=O) groups is 2. The standard InChI is InChI=1S/C53H94O5/c1-4-7-10-13-16-18-20-22-24-25-26-27-28-30-32-34-36-39-42-45-48-56-49-51(58-53(55)47-44-41-37-15-12-9-6-3)50-57-52(54)46-43-40-38-35-33-31-29-23-21-19-17-14-11-8-5-2/h16-19,22-24,26-27,29,51H,4-15,20-21,25,28,30-50H2,1-3H3/b18-16-,19-17-,24-22-,27-26-,29-23-. The van der Waals surface area contributed by atoms with E-state index in [1.54, 1.807) is 0 Å². The molecule has 0 heterocycles. The molecule has 0 bridgehead atoms. The molecule has 5 nitrogen and oxygen atoms in total. The molecule has 5 heteroatoms. The summed E-state index contributed by atoms with van der Waals surface area (Å²) in [6.07, 6.45) is 60.9. The maximum Gasteiger partial charge on any atom is 0.306 e. The third-order valence-electron chi connectivity index (χ3n) is 10.5. The fourth-order valence-electron chi connectivity index (χ4n) is 6.78. The molecule has 0 amide bonds. The predicted octanol–water partition coefficient (Wildman–Crippen LogP) is 16.6. The fraction of sp³-hybridized carbons (Fsp3) is 0.774. The van der Waals surface area contributed by atoms with Gasteiger partial charge in [-0.3, -0.25) is 9.59 Å². The minimum atomic E-state index is -0.544. The van der Waals surface area contributed by atoms with Gasteiger partial charge in [0.1, 0.15) is 6.61 Å². The Labute approximate surface area is 360 Å². The van der Waals surface area contributed by atoms with E-state index in [-0.39, 0.29) is 25.2 Å². The number of unbranched alkanes of at least 4 members (excludes halogenated alkanes) is 24. The van der Waals surface area contributed by atoms with Crippen molar-refractivity contribution in [2.45, 2.75) is 245 Å². The molecule has 58 heavy (non-hydrogen) atoms. The molecule has 1 atom stereocenters. The minimum absolute atomic E-state index is 0.0740. The zero-order valence-electron chi connectivity index (χ0n) is 38.6. The second-order valence-electron chi connectivity index (χ2n) is 16.4. The lowest BCUT2D eigenvalue weighted by Crippen LogP contribution is -2.30. The highest BCUT2D eigenvalue weighted by Gasteiger charge is 2.17. The van der Waals surface area contributed by atoms with Crippen LogP contribution in [0.15, 0.2) is 60.8 Å². The summed E-state index contributed by atoms with van der Waals surface area (Å²) in [6, 6.07) is 0. The highest BCUT2D eigenvalue weighted by Crippen LogP contribution is 2.13. The van der Waals surface area contributed by atoms with Crippen molar-refractivity contribution in [3.05, 3.63) is 60.8 Å². The molecule has 0 fully saturated rings. The first kappa shape index (κ1) is 55.6. The summed E-state index contributed by atoms with van der Waals surface area (Å²) < 4.78 is 17.3. The Bertz CT molecular complexity index is 1010. The molecule has 0 spiro atoms. The van der Waals surface area contributed by atoms with Crippen LogP contribution in [0.25, 0.3) is 0 Å². The van der Waals surface area contributed by atoms with Gasteiger partial charge in [-0.2, -0.15) is 0 Å². The number of hydrogen-bond acceptors (Lipinski definition) is 5. The molecule has 0 aliphatic heterocycles. The summed E-state index contributed by atoms with van der Waals surface area (Å²) in [5.41, 5.74) is 0. The summed E-state index contributed by atoms with van der Waals surface area (Å²) >= 11 is 0. The second kappa shape index (κ2) is 49.0. The van der Waals surface area contributed by atoms with Crippen LogP contribution < -0.4 is 0 Å². The van der Waals surface area contributed by atoms with Crippen LogP contribution in [0.5, 0.6) is 0 Å². The Morgan fingerprint density at radius 1 is 0.379 bits per heavy atom. The quantitative estimate of drug-likeness (QED) is 0.0348.